The molecule has 2 rings (SSSR count). The van der Waals surface area contributed by atoms with Crippen molar-refractivity contribution in [3.8, 4) is 5.75 Å². The first-order valence-electron chi connectivity index (χ1n) is 7.47. The number of rotatable bonds is 6. The molecule has 1 heterocycles. The molecular formula is C16H24ClFN2O3. The number of methoxy groups -OCH3 is 1. The maximum atomic E-state index is 12.8. The van der Waals surface area contributed by atoms with Crippen LogP contribution in [0.3, 0.4) is 0 Å². The molecule has 0 spiro atoms. The molecule has 0 saturated carbocycles. The number of amides is 1. The molecule has 0 bridgehead atoms. The van der Waals surface area contributed by atoms with Gasteiger partial charge in [-0.3, -0.25) is 4.79 Å². The van der Waals surface area contributed by atoms with Crippen LogP contribution in [-0.2, 0) is 9.53 Å². The van der Waals surface area contributed by atoms with Crippen molar-refractivity contribution in [2.24, 2.45) is 0 Å². The van der Waals surface area contributed by atoms with Crippen LogP contribution in [0.15, 0.2) is 24.3 Å². The largest absolute Gasteiger partial charge is 0.492 e. The Bertz CT molecular complexity index is 493. The molecule has 0 radical (unpaired) electrons. The van der Waals surface area contributed by atoms with E-state index in [-0.39, 0.29) is 24.1 Å². The summed E-state index contributed by atoms with van der Waals surface area (Å²) in [6.45, 7) is 2.36. The second-order valence-corrected chi connectivity index (χ2v) is 5.48. The van der Waals surface area contributed by atoms with Crippen LogP contribution in [-0.4, -0.2) is 56.8 Å². The molecule has 1 aromatic rings. The Morgan fingerprint density at radius 2 is 1.91 bits per heavy atom. The number of hydrogen-bond donors (Lipinski definition) is 1. The lowest BCUT2D eigenvalue weighted by Crippen LogP contribution is -2.55. The minimum Gasteiger partial charge on any atom is -0.492 e. The van der Waals surface area contributed by atoms with Crippen LogP contribution in [0.5, 0.6) is 5.75 Å². The Balaban J connectivity index is 0.00000264. The van der Waals surface area contributed by atoms with E-state index in [0.29, 0.717) is 31.7 Å². The number of nitrogens with one attached hydrogen (secondary N) is 1. The number of hydrogen-bond acceptors (Lipinski definition) is 4. The van der Waals surface area contributed by atoms with Gasteiger partial charge in [-0.1, -0.05) is 0 Å². The number of halogens is 2. The predicted octanol–water partition coefficient (Wildman–Crippen LogP) is 1.85. The van der Waals surface area contributed by atoms with Crippen molar-refractivity contribution in [1.82, 2.24) is 10.2 Å². The standard InChI is InChI=1S/C16H23FN2O3.ClH/c1-19(11-12-22-14-5-3-13(17)4-6-14)15(20)16(21-2)7-9-18-10-8-16;/h3-6,18H,7-12H2,1-2H3;1H. The molecule has 7 heteroatoms. The van der Waals surface area contributed by atoms with Gasteiger partial charge < -0.3 is 19.7 Å². The molecule has 0 aliphatic carbocycles. The number of nitrogens with zero attached hydrogens (tertiary/aromatic N) is 1. The lowest BCUT2D eigenvalue weighted by atomic mass is 9.90. The highest BCUT2D eigenvalue weighted by Gasteiger charge is 2.41. The van der Waals surface area contributed by atoms with Gasteiger partial charge in [-0.2, -0.15) is 0 Å². The lowest BCUT2D eigenvalue weighted by Gasteiger charge is -2.37. The van der Waals surface area contributed by atoms with Gasteiger partial charge in [0.25, 0.3) is 5.91 Å². The monoisotopic (exact) mass is 346 g/mol. The van der Waals surface area contributed by atoms with Gasteiger partial charge in [-0.05, 0) is 50.2 Å². The molecule has 1 saturated heterocycles. The number of benzene rings is 1. The Morgan fingerprint density at radius 1 is 1.30 bits per heavy atom. The fraction of sp³-hybridized carbons (Fsp3) is 0.562. The van der Waals surface area contributed by atoms with E-state index in [1.165, 1.54) is 12.1 Å². The highest BCUT2D eigenvalue weighted by molar-refractivity contribution is 5.85. The lowest BCUT2D eigenvalue weighted by molar-refractivity contribution is -0.157. The smallest absolute Gasteiger partial charge is 0.254 e. The van der Waals surface area contributed by atoms with Gasteiger partial charge in [0, 0.05) is 14.2 Å². The van der Waals surface area contributed by atoms with Crippen LogP contribution in [0.2, 0.25) is 0 Å². The highest BCUT2D eigenvalue weighted by atomic mass is 35.5. The van der Waals surface area contributed by atoms with E-state index >= 15 is 0 Å². The average molecular weight is 347 g/mol. The van der Waals surface area contributed by atoms with E-state index in [9.17, 15) is 9.18 Å². The summed E-state index contributed by atoms with van der Waals surface area (Å²) in [6, 6.07) is 5.83. The van der Waals surface area contributed by atoms with Crippen molar-refractivity contribution in [3.63, 3.8) is 0 Å². The minimum absolute atomic E-state index is 0. The summed E-state index contributed by atoms with van der Waals surface area (Å²) in [6.07, 6.45) is 1.34. The molecule has 1 aliphatic rings. The average Bonchev–Trinajstić information content (AvgIpc) is 2.56. The Kier molecular flexibility index (Phi) is 7.75. The quantitative estimate of drug-likeness (QED) is 0.854. The fourth-order valence-electron chi connectivity index (χ4n) is 2.62. The molecule has 1 fully saturated rings. The maximum absolute atomic E-state index is 12.8. The van der Waals surface area contributed by atoms with Crippen molar-refractivity contribution in [2.75, 3.05) is 40.4 Å². The molecule has 1 aliphatic heterocycles. The molecule has 1 amide bonds. The Morgan fingerprint density at radius 3 is 2.48 bits per heavy atom. The summed E-state index contributed by atoms with van der Waals surface area (Å²) in [5, 5.41) is 3.23. The second kappa shape index (κ2) is 9.05. The molecule has 0 aromatic heterocycles. The zero-order valence-electron chi connectivity index (χ0n) is 13.5. The number of carbonyl (C=O) groups is 1. The molecule has 1 aromatic carbocycles. The maximum Gasteiger partial charge on any atom is 0.254 e. The van der Waals surface area contributed by atoms with Crippen LogP contribution in [0.4, 0.5) is 4.39 Å². The van der Waals surface area contributed by atoms with Gasteiger partial charge in [0.15, 0.2) is 0 Å². The summed E-state index contributed by atoms with van der Waals surface area (Å²) < 4.78 is 23.9. The molecule has 23 heavy (non-hydrogen) atoms. The summed E-state index contributed by atoms with van der Waals surface area (Å²) in [7, 11) is 3.34. The van der Waals surface area contributed by atoms with Crippen molar-refractivity contribution in [2.45, 2.75) is 18.4 Å². The summed E-state index contributed by atoms with van der Waals surface area (Å²) >= 11 is 0. The predicted molar refractivity (Wildman–Crippen MR) is 88.6 cm³/mol. The van der Waals surface area contributed by atoms with Crippen LogP contribution in [0.1, 0.15) is 12.8 Å². The van der Waals surface area contributed by atoms with E-state index in [0.717, 1.165) is 13.1 Å². The number of piperidine rings is 1. The number of ether oxygens (including phenoxy) is 2. The van der Waals surface area contributed by atoms with E-state index in [1.807, 2.05) is 0 Å². The van der Waals surface area contributed by atoms with Gasteiger partial charge in [0.05, 0.1) is 6.54 Å². The van der Waals surface area contributed by atoms with Crippen molar-refractivity contribution < 1.29 is 18.7 Å². The molecule has 0 atom stereocenters. The van der Waals surface area contributed by atoms with Gasteiger partial charge in [-0.15, -0.1) is 12.4 Å². The van der Waals surface area contributed by atoms with E-state index < -0.39 is 5.60 Å². The van der Waals surface area contributed by atoms with Crippen LogP contribution < -0.4 is 10.1 Å². The second-order valence-electron chi connectivity index (χ2n) is 5.48. The van der Waals surface area contributed by atoms with Crippen molar-refractivity contribution in [3.05, 3.63) is 30.1 Å². The summed E-state index contributed by atoms with van der Waals surface area (Å²) in [5.41, 5.74) is -0.726. The zero-order chi connectivity index (χ0) is 16.0. The normalized spacial score (nSPS) is 16.3. The number of likely N-dealkylation sites (N-methyl/N-ethyl adjacent to an activating group) is 1. The molecule has 130 valence electrons. The zero-order valence-corrected chi connectivity index (χ0v) is 14.3. The van der Waals surface area contributed by atoms with Crippen LogP contribution in [0, 0.1) is 5.82 Å². The highest BCUT2D eigenvalue weighted by Crippen LogP contribution is 2.24. The molecule has 1 N–H and O–H groups in total. The Labute approximate surface area is 142 Å². The molecule has 5 nitrogen and oxygen atoms in total. The summed E-state index contributed by atoms with van der Waals surface area (Å²) in [5.74, 6) is 0.275. The van der Waals surface area contributed by atoms with Gasteiger partial charge >= 0.3 is 0 Å². The Hall–Kier alpha value is -1.37. The van der Waals surface area contributed by atoms with E-state index in [2.05, 4.69) is 5.32 Å². The van der Waals surface area contributed by atoms with Crippen LogP contribution in [0.25, 0.3) is 0 Å². The molecular weight excluding hydrogens is 323 g/mol. The third-order valence-corrected chi connectivity index (χ3v) is 4.05. The van der Waals surface area contributed by atoms with Gasteiger partial charge in [0.1, 0.15) is 23.8 Å². The van der Waals surface area contributed by atoms with Crippen molar-refractivity contribution >= 4 is 18.3 Å². The first-order valence-corrected chi connectivity index (χ1v) is 7.47. The third-order valence-electron chi connectivity index (χ3n) is 4.05. The first kappa shape index (κ1) is 19.7. The molecule has 0 unspecified atom stereocenters. The van der Waals surface area contributed by atoms with Gasteiger partial charge in [-0.25, -0.2) is 4.39 Å². The van der Waals surface area contributed by atoms with Crippen molar-refractivity contribution in [1.29, 1.82) is 0 Å². The minimum atomic E-state index is -0.726. The summed E-state index contributed by atoms with van der Waals surface area (Å²) in [4.78, 5) is 14.2. The third kappa shape index (κ3) is 5.06. The van der Waals surface area contributed by atoms with Crippen LogP contribution >= 0.6 is 12.4 Å². The number of carbonyl (C=O) groups excluding carboxylic acids is 1. The van der Waals surface area contributed by atoms with E-state index in [4.69, 9.17) is 9.47 Å². The fourth-order valence-corrected chi connectivity index (χ4v) is 2.62. The first-order chi connectivity index (χ1) is 10.6. The SMILES string of the molecule is COC1(C(=O)N(C)CCOc2ccc(F)cc2)CCNCC1.Cl. The van der Waals surface area contributed by atoms with E-state index in [1.54, 1.807) is 31.2 Å². The topological polar surface area (TPSA) is 50.8 Å². The van der Waals surface area contributed by atoms with Gasteiger partial charge in [0.2, 0.25) is 0 Å².